The number of esters is 1. The fourth-order valence-corrected chi connectivity index (χ4v) is 2.80. The van der Waals surface area contributed by atoms with Crippen molar-refractivity contribution in [1.82, 2.24) is 14.9 Å². The molecule has 0 saturated heterocycles. The minimum atomic E-state index is -4.56. The molecule has 7 nitrogen and oxygen atoms in total. The molecule has 2 heterocycles. The summed E-state index contributed by atoms with van der Waals surface area (Å²) in [5, 5.41) is 2.75. The van der Waals surface area contributed by atoms with Gasteiger partial charge in [0, 0.05) is 24.7 Å². The molecular weight excluding hydrogens is 391 g/mol. The number of alkyl carbamates (subject to hydrolysis) is 1. The molecule has 160 valence electrons. The predicted molar refractivity (Wildman–Crippen MR) is 99.7 cm³/mol. The lowest BCUT2D eigenvalue weighted by Crippen LogP contribution is -2.34. The van der Waals surface area contributed by atoms with Crippen LogP contribution in [0.15, 0.2) is 12.3 Å². The molecule has 0 aliphatic rings. The van der Waals surface area contributed by atoms with E-state index in [2.05, 4.69) is 10.3 Å². The number of amides is 1. The van der Waals surface area contributed by atoms with Crippen LogP contribution in [0.5, 0.6) is 0 Å². The van der Waals surface area contributed by atoms with Gasteiger partial charge >= 0.3 is 18.2 Å². The number of nitrogens with zero attached hydrogens (tertiary/aromatic N) is 2. The molecule has 0 unspecified atom stereocenters. The van der Waals surface area contributed by atoms with Crippen molar-refractivity contribution >= 4 is 23.1 Å². The summed E-state index contributed by atoms with van der Waals surface area (Å²) in [6, 6.07) is 0.957. The zero-order valence-corrected chi connectivity index (χ0v) is 16.9. The van der Waals surface area contributed by atoms with Gasteiger partial charge in [0.1, 0.15) is 16.9 Å². The average Bonchev–Trinajstić information content (AvgIpc) is 2.85. The highest BCUT2D eigenvalue weighted by Gasteiger charge is 2.32. The standard InChI is InChI=1S/C19H24F3N3O4/c1-6-28-16(26)14-11(2)13-9-12(19(20,21)22)10-24-15(13)25(14)8-7-23-17(27)29-18(3,4)5/h9-10H,6-8H2,1-5H3,(H,23,27). The van der Waals surface area contributed by atoms with Crippen molar-refractivity contribution < 1.29 is 32.2 Å². The summed E-state index contributed by atoms with van der Waals surface area (Å²) in [5.74, 6) is -0.672. The van der Waals surface area contributed by atoms with Crippen molar-refractivity contribution in [3.05, 3.63) is 29.1 Å². The van der Waals surface area contributed by atoms with Crippen molar-refractivity contribution in [2.75, 3.05) is 13.2 Å². The van der Waals surface area contributed by atoms with E-state index in [1.54, 1.807) is 27.7 Å². The Balaban J connectivity index is 2.39. The van der Waals surface area contributed by atoms with Gasteiger partial charge < -0.3 is 19.4 Å². The third-order valence-corrected chi connectivity index (χ3v) is 3.95. The fraction of sp³-hybridized carbons (Fsp3) is 0.526. The van der Waals surface area contributed by atoms with Crippen molar-refractivity contribution in [2.24, 2.45) is 0 Å². The SMILES string of the molecule is CCOC(=O)c1c(C)c2cc(C(F)(F)F)cnc2n1CCNC(=O)OC(C)(C)C. The minimum Gasteiger partial charge on any atom is -0.461 e. The number of halogens is 3. The molecule has 1 N–H and O–H groups in total. The monoisotopic (exact) mass is 415 g/mol. The lowest BCUT2D eigenvalue weighted by Gasteiger charge is -2.20. The topological polar surface area (TPSA) is 82.5 Å². The van der Waals surface area contributed by atoms with Gasteiger partial charge in [-0.1, -0.05) is 0 Å². The van der Waals surface area contributed by atoms with E-state index in [4.69, 9.17) is 9.47 Å². The summed E-state index contributed by atoms with van der Waals surface area (Å²) in [4.78, 5) is 28.2. The number of hydrogen-bond donors (Lipinski definition) is 1. The van der Waals surface area contributed by atoms with E-state index >= 15 is 0 Å². The van der Waals surface area contributed by atoms with Crippen LogP contribution in [0.2, 0.25) is 0 Å². The summed E-state index contributed by atoms with van der Waals surface area (Å²) >= 11 is 0. The Morgan fingerprint density at radius 3 is 2.45 bits per heavy atom. The molecule has 2 aromatic rings. The number of alkyl halides is 3. The van der Waals surface area contributed by atoms with E-state index in [-0.39, 0.29) is 36.4 Å². The lowest BCUT2D eigenvalue weighted by molar-refractivity contribution is -0.137. The van der Waals surface area contributed by atoms with Crippen LogP contribution in [0.4, 0.5) is 18.0 Å². The summed E-state index contributed by atoms with van der Waals surface area (Å²) in [6.45, 7) is 8.60. The van der Waals surface area contributed by atoms with Gasteiger partial charge in [-0.05, 0) is 46.2 Å². The number of aromatic nitrogens is 2. The Morgan fingerprint density at radius 2 is 1.90 bits per heavy atom. The zero-order valence-electron chi connectivity index (χ0n) is 16.9. The Hall–Kier alpha value is -2.78. The maximum atomic E-state index is 13.1. The maximum absolute atomic E-state index is 13.1. The van der Waals surface area contributed by atoms with Crippen LogP contribution in [-0.4, -0.2) is 40.4 Å². The smallest absolute Gasteiger partial charge is 0.417 e. The number of carbonyl (C=O) groups is 2. The first-order valence-corrected chi connectivity index (χ1v) is 9.05. The van der Waals surface area contributed by atoms with Gasteiger partial charge in [-0.2, -0.15) is 13.2 Å². The summed E-state index contributed by atoms with van der Waals surface area (Å²) in [6.07, 6.45) is -4.48. The van der Waals surface area contributed by atoms with Crippen molar-refractivity contribution in [1.29, 1.82) is 0 Å². The first-order valence-electron chi connectivity index (χ1n) is 9.05. The van der Waals surface area contributed by atoms with Crippen LogP contribution >= 0.6 is 0 Å². The molecule has 29 heavy (non-hydrogen) atoms. The summed E-state index contributed by atoms with van der Waals surface area (Å²) < 4.78 is 50.8. The second-order valence-corrected chi connectivity index (χ2v) is 7.37. The lowest BCUT2D eigenvalue weighted by atomic mass is 10.1. The Bertz CT molecular complexity index is 914. The molecule has 2 rings (SSSR count). The van der Waals surface area contributed by atoms with Gasteiger partial charge in [-0.25, -0.2) is 14.6 Å². The highest BCUT2D eigenvalue weighted by Crippen LogP contribution is 2.33. The normalized spacial score (nSPS) is 12.1. The summed E-state index contributed by atoms with van der Waals surface area (Å²) in [7, 11) is 0. The number of ether oxygens (including phenoxy) is 2. The highest BCUT2D eigenvalue weighted by molar-refractivity contribution is 5.98. The Kier molecular flexibility index (Phi) is 6.44. The largest absolute Gasteiger partial charge is 0.461 e. The van der Waals surface area contributed by atoms with Crippen LogP contribution in [0, 0.1) is 6.92 Å². The minimum absolute atomic E-state index is 0.0766. The molecule has 2 aromatic heterocycles. The molecule has 0 aromatic carbocycles. The second kappa shape index (κ2) is 8.30. The number of aryl methyl sites for hydroxylation is 1. The number of pyridine rings is 1. The summed E-state index contributed by atoms with van der Waals surface area (Å²) in [5.41, 5.74) is -0.960. The number of hydrogen-bond acceptors (Lipinski definition) is 5. The molecule has 0 fully saturated rings. The van der Waals surface area contributed by atoms with Gasteiger partial charge in [0.25, 0.3) is 0 Å². The van der Waals surface area contributed by atoms with Crippen LogP contribution in [-0.2, 0) is 22.2 Å². The maximum Gasteiger partial charge on any atom is 0.417 e. The molecule has 1 amide bonds. The third-order valence-electron chi connectivity index (χ3n) is 3.95. The number of rotatable bonds is 5. The van der Waals surface area contributed by atoms with Crippen LogP contribution in [0.3, 0.4) is 0 Å². The molecule has 0 aliphatic heterocycles. The van der Waals surface area contributed by atoms with Crippen LogP contribution in [0.25, 0.3) is 11.0 Å². The van der Waals surface area contributed by atoms with E-state index in [1.165, 1.54) is 11.5 Å². The third kappa shape index (κ3) is 5.39. The van der Waals surface area contributed by atoms with Gasteiger partial charge in [0.05, 0.1) is 12.2 Å². The van der Waals surface area contributed by atoms with Crippen molar-refractivity contribution in [3.8, 4) is 0 Å². The zero-order chi connectivity index (χ0) is 22.0. The fourth-order valence-electron chi connectivity index (χ4n) is 2.80. The quantitative estimate of drug-likeness (QED) is 0.745. The average molecular weight is 415 g/mol. The van der Waals surface area contributed by atoms with Crippen LogP contribution < -0.4 is 5.32 Å². The second-order valence-electron chi connectivity index (χ2n) is 7.37. The van der Waals surface area contributed by atoms with Gasteiger partial charge in [-0.15, -0.1) is 0 Å². The van der Waals surface area contributed by atoms with E-state index in [9.17, 15) is 22.8 Å². The Labute approximate surface area is 166 Å². The van der Waals surface area contributed by atoms with Gasteiger partial charge in [0.2, 0.25) is 0 Å². The predicted octanol–water partition coefficient (Wildman–Crippen LogP) is 4.06. The molecule has 0 atom stereocenters. The van der Waals surface area contributed by atoms with Crippen molar-refractivity contribution in [3.63, 3.8) is 0 Å². The number of carbonyl (C=O) groups excluding carboxylic acids is 2. The van der Waals surface area contributed by atoms with Crippen molar-refractivity contribution in [2.45, 2.75) is 52.9 Å². The van der Waals surface area contributed by atoms with Crippen LogP contribution in [0.1, 0.15) is 49.3 Å². The van der Waals surface area contributed by atoms with E-state index in [0.29, 0.717) is 11.8 Å². The molecule has 0 aliphatic carbocycles. The Morgan fingerprint density at radius 1 is 1.24 bits per heavy atom. The molecule has 0 saturated carbocycles. The molecular formula is C19H24F3N3O4. The molecule has 0 bridgehead atoms. The molecule has 10 heteroatoms. The van der Waals surface area contributed by atoms with E-state index in [1.807, 2.05) is 0 Å². The number of fused-ring (bicyclic) bond motifs is 1. The molecule has 0 radical (unpaired) electrons. The van der Waals surface area contributed by atoms with Gasteiger partial charge in [0.15, 0.2) is 0 Å². The van der Waals surface area contributed by atoms with Gasteiger partial charge in [-0.3, -0.25) is 0 Å². The number of nitrogens with one attached hydrogen (secondary N) is 1. The van der Waals surface area contributed by atoms with E-state index < -0.39 is 29.4 Å². The van der Waals surface area contributed by atoms with E-state index in [0.717, 1.165) is 6.07 Å². The first-order chi connectivity index (χ1) is 13.3. The highest BCUT2D eigenvalue weighted by atomic mass is 19.4. The first kappa shape index (κ1) is 22.5. The molecule has 0 spiro atoms.